The van der Waals surface area contributed by atoms with E-state index in [4.69, 9.17) is 16.9 Å². The van der Waals surface area contributed by atoms with Crippen LogP contribution in [0.15, 0.2) is 78.9 Å². The molecule has 0 aliphatic heterocycles. The van der Waals surface area contributed by atoms with Crippen LogP contribution in [-0.4, -0.2) is 35.6 Å². The zero-order chi connectivity index (χ0) is 27.5. The first kappa shape index (κ1) is 28.1. The second kappa shape index (κ2) is 13.7. The SMILES string of the molecule is C[C@H](NC(=O)[C@@H](CCc1ccccc1)NCc1ccc(C(N)=O)cc1)C(=O)NCc1ccc(C(=N)N)cc1. The second-order valence-corrected chi connectivity index (χ2v) is 9.08. The molecule has 0 aliphatic carbocycles. The van der Waals surface area contributed by atoms with Crippen LogP contribution in [0.25, 0.3) is 0 Å². The molecule has 3 aromatic carbocycles. The maximum atomic E-state index is 13.2. The fraction of sp³-hybridized carbons (Fsp3) is 0.241. The van der Waals surface area contributed by atoms with E-state index in [-0.39, 0.29) is 24.2 Å². The van der Waals surface area contributed by atoms with Crippen LogP contribution in [0.5, 0.6) is 0 Å². The highest BCUT2D eigenvalue weighted by molar-refractivity contribution is 5.95. The Bertz CT molecular complexity index is 1240. The van der Waals surface area contributed by atoms with Crippen LogP contribution in [0.2, 0.25) is 0 Å². The smallest absolute Gasteiger partial charge is 0.248 e. The normalized spacial score (nSPS) is 12.2. The van der Waals surface area contributed by atoms with Gasteiger partial charge in [-0.3, -0.25) is 19.8 Å². The van der Waals surface area contributed by atoms with E-state index in [0.29, 0.717) is 30.5 Å². The lowest BCUT2D eigenvalue weighted by atomic mass is 10.0. The molecule has 8 N–H and O–H groups in total. The summed E-state index contributed by atoms with van der Waals surface area (Å²) < 4.78 is 0. The van der Waals surface area contributed by atoms with E-state index < -0.39 is 18.0 Å². The van der Waals surface area contributed by atoms with Crippen molar-refractivity contribution >= 4 is 23.6 Å². The van der Waals surface area contributed by atoms with Gasteiger partial charge in [-0.25, -0.2) is 0 Å². The summed E-state index contributed by atoms with van der Waals surface area (Å²) in [4.78, 5) is 37.1. The van der Waals surface area contributed by atoms with Crippen LogP contribution in [0, 0.1) is 5.41 Å². The van der Waals surface area contributed by atoms with Gasteiger partial charge in [0.1, 0.15) is 11.9 Å². The van der Waals surface area contributed by atoms with E-state index in [1.807, 2.05) is 30.3 Å². The fourth-order valence-corrected chi connectivity index (χ4v) is 3.83. The van der Waals surface area contributed by atoms with Crippen LogP contribution >= 0.6 is 0 Å². The number of amidine groups is 1. The van der Waals surface area contributed by atoms with E-state index >= 15 is 0 Å². The van der Waals surface area contributed by atoms with Crippen molar-refractivity contribution in [1.82, 2.24) is 16.0 Å². The van der Waals surface area contributed by atoms with Crippen molar-refractivity contribution < 1.29 is 14.4 Å². The molecule has 9 nitrogen and oxygen atoms in total. The van der Waals surface area contributed by atoms with Gasteiger partial charge in [-0.15, -0.1) is 0 Å². The summed E-state index contributed by atoms with van der Waals surface area (Å²) in [7, 11) is 0. The molecule has 198 valence electrons. The van der Waals surface area contributed by atoms with Gasteiger partial charge in [-0.05, 0) is 48.6 Å². The van der Waals surface area contributed by atoms with E-state index in [2.05, 4.69) is 16.0 Å². The van der Waals surface area contributed by atoms with Crippen LogP contribution in [0.3, 0.4) is 0 Å². The molecule has 3 aromatic rings. The van der Waals surface area contributed by atoms with Crippen molar-refractivity contribution in [3.63, 3.8) is 0 Å². The van der Waals surface area contributed by atoms with Crippen LogP contribution in [0.4, 0.5) is 0 Å². The number of carbonyl (C=O) groups excluding carboxylic acids is 3. The van der Waals surface area contributed by atoms with Crippen molar-refractivity contribution in [1.29, 1.82) is 5.41 Å². The quantitative estimate of drug-likeness (QED) is 0.151. The molecular weight excluding hydrogens is 480 g/mol. The third-order valence-corrected chi connectivity index (χ3v) is 6.16. The summed E-state index contributed by atoms with van der Waals surface area (Å²) in [6.07, 6.45) is 1.22. The van der Waals surface area contributed by atoms with Gasteiger partial charge in [0.2, 0.25) is 17.7 Å². The van der Waals surface area contributed by atoms with Crippen molar-refractivity contribution in [3.05, 3.63) is 107 Å². The molecule has 0 bridgehead atoms. The first-order valence-corrected chi connectivity index (χ1v) is 12.4. The van der Waals surface area contributed by atoms with Crippen LogP contribution in [0.1, 0.15) is 46.0 Å². The second-order valence-electron chi connectivity index (χ2n) is 9.08. The van der Waals surface area contributed by atoms with Crippen LogP contribution in [-0.2, 0) is 29.1 Å². The number of aryl methyl sites for hydroxylation is 1. The van der Waals surface area contributed by atoms with Gasteiger partial charge in [0.25, 0.3) is 0 Å². The Morgan fingerprint density at radius 2 is 1.34 bits per heavy atom. The number of carbonyl (C=O) groups is 3. The standard InChI is InChI=1S/C29H34N6O3/c1-19(28(37)34-18-22-7-12-23(13-8-22)26(30)31)35-29(38)25(16-11-20-5-3-2-4-6-20)33-17-21-9-14-24(15-10-21)27(32)36/h2-10,12-15,19,25,33H,11,16-18H2,1H3,(H3,30,31)(H2,32,36)(H,34,37)(H,35,38)/t19-,25+/m0/s1. The number of nitrogen functional groups attached to an aromatic ring is 1. The van der Waals surface area contributed by atoms with E-state index in [9.17, 15) is 14.4 Å². The van der Waals surface area contributed by atoms with Crippen molar-refractivity contribution in [3.8, 4) is 0 Å². The molecule has 2 atom stereocenters. The minimum atomic E-state index is -0.741. The van der Waals surface area contributed by atoms with Gasteiger partial charge in [-0.1, -0.05) is 66.7 Å². The lowest BCUT2D eigenvalue weighted by Gasteiger charge is -2.21. The summed E-state index contributed by atoms with van der Waals surface area (Å²) in [6, 6.07) is 22.5. The van der Waals surface area contributed by atoms with E-state index in [0.717, 1.165) is 16.7 Å². The highest BCUT2D eigenvalue weighted by atomic mass is 16.2. The number of rotatable bonds is 13. The molecule has 9 heteroatoms. The molecule has 3 rings (SSSR count). The average molecular weight is 515 g/mol. The zero-order valence-corrected chi connectivity index (χ0v) is 21.4. The Hall–Kier alpha value is -4.50. The van der Waals surface area contributed by atoms with Gasteiger partial charge in [0.05, 0.1) is 6.04 Å². The summed E-state index contributed by atoms with van der Waals surface area (Å²) in [6.45, 7) is 2.33. The first-order valence-electron chi connectivity index (χ1n) is 12.4. The summed E-state index contributed by atoms with van der Waals surface area (Å²) in [5.41, 5.74) is 14.7. The van der Waals surface area contributed by atoms with Crippen molar-refractivity contribution in [2.45, 2.75) is 44.9 Å². The monoisotopic (exact) mass is 514 g/mol. The third-order valence-electron chi connectivity index (χ3n) is 6.16. The maximum absolute atomic E-state index is 13.2. The Labute approximate surface area is 222 Å². The molecule has 0 fully saturated rings. The molecule has 38 heavy (non-hydrogen) atoms. The third kappa shape index (κ3) is 8.56. The predicted molar refractivity (Wildman–Crippen MR) is 147 cm³/mol. The van der Waals surface area contributed by atoms with Gasteiger partial charge in [-0.2, -0.15) is 0 Å². The fourth-order valence-electron chi connectivity index (χ4n) is 3.83. The maximum Gasteiger partial charge on any atom is 0.248 e. The molecule has 0 saturated carbocycles. The topological polar surface area (TPSA) is 163 Å². The predicted octanol–water partition coefficient (Wildman–Crippen LogP) is 1.98. The van der Waals surface area contributed by atoms with Crippen LogP contribution < -0.4 is 27.4 Å². The molecule has 0 unspecified atom stereocenters. The molecule has 0 radical (unpaired) electrons. The molecule has 0 aromatic heterocycles. The summed E-state index contributed by atoms with van der Waals surface area (Å²) in [5, 5.41) is 16.4. The van der Waals surface area contributed by atoms with Gasteiger partial charge in [0.15, 0.2) is 0 Å². The summed E-state index contributed by atoms with van der Waals surface area (Å²) >= 11 is 0. The zero-order valence-electron chi connectivity index (χ0n) is 21.4. The Balaban J connectivity index is 1.58. The highest BCUT2D eigenvalue weighted by Crippen LogP contribution is 2.09. The number of primary amides is 1. The molecule has 0 heterocycles. The van der Waals surface area contributed by atoms with Gasteiger partial charge < -0.3 is 27.4 Å². The van der Waals surface area contributed by atoms with Gasteiger partial charge >= 0.3 is 0 Å². The number of amides is 3. The minimum Gasteiger partial charge on any atom is -0.384 e. The minimum absolute atomic E-state index is 0.0185. The number of nitrogens with one attached hydrogen (secondary N) is 4. The molecular formula is C29H34N6O3. The van der Waals surface area contributed by atoms with E-state index in [1.54, 1.807) is 55.5 Å². The Morgan fingerprint density at radius 3 is 1.92 bits per heavy atom. The first-order chi connectivity index (χ1) is 18.2. The van der Waals surface area contributed by atoms with Crippen molar-refractivity contribution in [2.75, 3.05) is 0 Å². The Morgan fingerprint density at radius 1 is 0.763 bits per heavy atom. The molecule has 0 aliphatic rings. The lowest BCUT2D eigenvalue weighted by Crippen LogP contribution is -2.51. The van der Waals surface area contributed by atoms with Crippen molar-refractivity contribution in [2.24, 2.45) is 11.5 Å². The number of hydrogen-bond acceptors (Lipinski definition) is 5. The van der Waals surface area contributed by atoms with Gasteiger partial charge in [0, 0.05) is 24.2 Å². The number of hydrogen-bond donors (Lipinski definition) is 6. The summed E-state index contributed by atoms with van der Waals surface area (Å²) in [5.74, 6) is -1.10. The molecule has 3 amide bonds. The highest BCUT2D eigenvalue weighted by Gasteiger charge is 2.22. The lowest BCUT2D eigenvalue weighted by molar-refractivity contribution is -0.129. The largest absolute Gasteiger partial charge is 0.384 e. The Kier molecular flexibility index (Phi) is 10.1. The number of nitrogens with two attached hydrogens (primary N) is 2. The number of benzene rings is 3. The average Bonchev–Trinajstić information content (AvgIpc) is 2.92. The molecule has 0 spiro atoms. The molecule has 0 saturated heterocycles. The van der Waals surface area contributed by atoms with E-state index in [1.165, 1.54) is 0 Å².